The zero-order valence-corrected chi connectivity index (χ0v) is 22.6. The molecule has 0 unspecified atom stereocenters. The first-order chi connectivity index (χ1) is 18.2. The fraction of sp³-hybridized carbons (Fsp3) is 0.333. The van der Waals surface area contributed by atoms with E-state index in [4.69, 9.17) is 10.5 Å². The van der Waals surface area contributed by atoms with E-state index in [0.717, 1.165) is 48.2 Å². The maximum atomic E-state index is 13.0. The number of anilines is 1. The van der Waals surface area contributed by atoms with Crippen molar-refractivity contribution < 1.29 is 17.9 Å². The van der Waals surface area contributed by atoms with Gasteiger partial charge in [0.25, 0.3) is 5.91 Å². The monoisotopic (exact) mass is 556 g/mol. The molecule has 200 valence electrons. The Bertz CT molecular complexity index is 1580. The number of piperazine rings is 1. The first-order valence-electron chi connectivity index (χ1n) is 11.9. The number of primary amides is 1. The Morgan fingerprint density at radius 2 is 1.97 bits per heavy atom. The number of nitrogens with zero attached hydrogens (tertiary/aromatic N) is 5. The molecule has 0 atom stereocenters. The molecule has 1 fully saturated rings. The highest BCUT2D eigenvalue weighted by molar-refractivity contribution is 7.92. The number of aromatic nitrogens is 4. The van der Waals surface area contributed by atoms with Crippen molar-refractivity contribution in [2.45, 2.75) is 0 Å². The van der Waals surface area contributed by atoms with Gasteiger partial charge in [0.2, 0.25) is 15.9 Å². The average molecular weight is 557 g/mol. The Labute approximate surface area is 223 Å². The summed E-state index contributed by atoms with van der Waals surface area (Å²) in [5.41, 5.74) is 8.74. The summed E-state index contributed by atoms with van der Waals surface area (Å²) in [6.07, 6.45) is 3.30. The number of ether oxygens (including phenoxy) is 1. The van der Waals surface area contributed by atoms with Crippen molar-refractivity contribution in [1.82, 2.24) is 30.0 Å². The fourth-order valence-corrected chi connectivity index (χ4v) is 6.21. The van der Waals surface area contributed by atoms with Gasteiger partial charge in [0.05, 0.1) is 24.6 Å². The Kier molecular flexibility index (Phi) is 7.29. The second-order valence-electron chi connectivity index (χ2n) is 9.10. The van der Waals surface area contributed by atoms with E-state index in [-0.39, 0.29) is 23.0 Å². The van der Waals surface area contributed by atoms with E-state index < -0.39 is 15.9 Å². The molecule has 1 aliphatic heterocycles. The number of fused-ring (bicyclic) bond motifs is 1. The molecule has 0 bridgehead atoms. The third kappa shape index (κ3) is 5.62. The van der Waals surface area contributed by atoms with Gasteiger partial charge in [0.1, 0.15) is 16.4 Å². The third-order valence-corrected chi connectivity index (χ3v) is 8.59. The van der Waals surface area contributed by atoms with E-state index in [1.807, 2.05) is 12.1 Å². The summed E-state index contributed by atoms with van der Waals surface area (Å²) in [4.78, 5) is 24.7. The molecular formula is C24H28N8O4S2. The fourth-order valence-electron chi connectivity index (χ4n) is 4.29. The summed E-state index contributed by atoms with van der Waals surface area (Å²) in [6, 6.07) is 5.48. The van der Waals surface area contributed by atoms with Crippen molar-refractivity contribution in [3.05, 3.63) is 41.7 Å². The van der Waals surface area contributed by atoms with Crippen LogP contribution in [-0.4, -0.2) is 96.9 Å². The lowest BCUT2D eigenvalue weighted by Gasteiger charge is -2.32. The number of aromatic amines is 1. The van der Waals surface area contributed by atoms with Gasteiger partial charge in [0.15, 0.2) is 0 Å². The number of sulfonamides is 1. The van der Waals surface area contributed by atoms with Gasteiger partial charge in [-0.1, -0.05) is 0 Å². The first kappa shape index (κ1) is 26.0. The molecule has 1 aliphatic rings. The third-order valence-electron chi connectivity index (χ3n) is 6.46. The predicted octanol–water partition coefficient (Wildman–Crippen LogP) is 1.85. The van der Waals surface area contributed by atoms with Crippen molar-refractivity contribution in [1.29, 1.82) is 0 Å². The second-order valence-corrected chi connectivity index (χ2v) is 11.8. The highest BCUT2D eigenvalue weighted by Crippen LogP contribution is 2.36. The molecule has 3 aromatic heterocycles. The molecule has 38 heavy (non-hydrogen) atoms. The van der Waals surface area contributed by atoms with E-state index in [1.165, 1.54) is 18.4 Å². The molecule has 0 spiro atoms. The Balaban J connectivity index is 1.44. The molecule has 0 radical (unpaired) electrons. The highest BCUT2D eigenvalue weighted by Gasteiger charge is 2.20. The van der Waals surface area contributed by atoms with E-state index in [2.05, 4.69) is 41.7 Å². The lowest BCUT2D eigenvalue weighted by atomic mass is 10.0. The average Bonchev–Trinajstić information content (AvgIpc) is 3.58. The number of nitrogens with one attached hydrogen (secondary N) is 2. The molecule has 1 amide bonds. The van der Waals surface area contributed by atoms with Crippen molar-refractivity contribution in [3.8, 4) is 27.6 Å². The molecular weight excluding hydrogens is 528 g/mol. The maximum absolute atomic E-state index is 13.0. The molecule has 14 heteroatoms. The summed E-state index contributed by atoms with van der Waals surface area (Å²) in [7, 11) is -0.153. The number of hydrogen-bond donors (Lipinski definition) is 3. The van der Waals surface area contributed by atoms with Crippen LogP contribution in [0.4, 0.5) is 5.69 Å². The topological polar surface area (TPSA) is 159 Å². The standard InChI is InChI=1S/C24H28N8O4S2/c1-31-3-5-32(6-4-31)7-8-38(34,35)30-20-11-16(12-26-23(20)36-2)15-9-17(18-13-27-29-19(18)10-15)24-28-21(14-37-24)22(25)33/h9-14,30H,3-8H2,1-2H3,(H2,25,33)(H,27,29). The van der Waals surface area contributed by atoms with Gasteiger partial charge in [-0.2, -0.15) is 5.10 Å². The van der Waals surface area contributed by atoms with Crippen LogP contribution in [0.5, 0.6) is 5.88 Å². The molecule has 4 aromatic rings. The molecule has 0 saturated carbocycles. The number of carbonyl (C=O) groups is 1. The largest absolute Gasteiger partial charge is 0.480 e. The van der Waals surface area contributed by atoms with E-state index in [1.54, 1.807) is 23.8 Å². The van der Waals surface area contributed by atoms with Gasteiger partial charge in [-0.25, -0.2) is 18.4 Å². The van der Waals surface area contributed by atoms with Crippen LogP contribution in [0.1, 0.15) is 10.5 Å². The van der Waals surface area contributed by atoms with Crippen LogP contribution in [0.15, 0.2) is 36.0 Å². The number of pyridine rings is 1. The lowest BCUT2D eigenvalue weighted by Crippen LogP contribution is -2.46. The maximum Gasteiger partial charge on any atom is 0.268 e. The summed E-state index contributed by atoms with van der Waals surface area (Å²) >= 11 is 1.30. The zero-order chi connectivity index (χ0) is 26.9. The summed E-state index contributed by atoms with van der Waals surface area (Å²) in [6.45, 7) is 3.96. The highest BCUT2D eigenvalue weighted by atomic mass is 32.2. The first-order valence-corrected chi connectivity index (χ1v) is 14.4. The number of methoxy groups -OCH3 is 1. The lowest BCUT2D eigenvalue weighted by molar-refractivity contribution is 0.0996. The Hall–Kier alpha value is -3.59. The summed E-state index contributed by atoms with van der Waals surface area (Å²) < 4.78 is 33.9. The van der Waals surface area contributed by atoms with E-state index in [9.17, 15) is 13.2 Å². The van der Waals surface area contributed by atoms with Gasteiger partial charge < -0.3 is 15.4 Å². The number of carbonyl (C=O) groups excluding carboxylic acids is 1. The number of nitrogens with two attached hydrogens (primary N) is 1. The molecule has 12 nitrogen and oxygen atoms in total. The van der Waals surface area contributed by atoms with Gasteiger partial charge in [-0.05, 0) is 30.8 Å². The van der Waals surface area contributed by atoms with Gasteiger partial charge in [-0.15, -0.1) is 11.3 Å². The van der Waals surface area contributed by atoms with Gasteiger partial charge in [0, 0.05) is 60.8 Å². The molecule has 4 heterocycles. The van der Waals surface area contributed by atoms with E-state index in [0.29, 0.717) is 17.1 Å². The van der Waals surface area contributed by atoms with E-state index >= 15 is 0 Å². The number of H-pyrrole nitrogens is 1. The summed E-state index contributed by atoms with van der Waals surface area (Å²) in [5.74, 6) is -0.470. The van der Waals surface area contributed by atoms with Gasteiger partial charge >= 0.3 is 0 Å². The number of likely N-dealkylation sites (N-methyl/N-ethyl adjacent to an activating group) is 1. The molecule has 5 rings (SSSR count). The quantitative estimate of drug-likeness (QED) is 0.280. The molecule has 4 N–H and O–H groups in total. The zero-order valence-electron chi connectivity index (χ0n) is 21.0. The van der Waals surface area contributed by atoms with Crippen LogP contribution in [0, 0.1) is 0 Å². The van der Waals surface area contributed by atoms with Gasteiger partial charge in [-0.3, -0.25) is 19.5 Å². The van der Waals surface area contributed by atoms with Crippen LogP contribution in [0.25, 0.3) is 32.6 Å². The second kappa shape index (κ2) is 10.6. The SMILES string of the molecule is COc1ncc(-c2cc(-c3nc(C(N)=O)cs3)c3cn[nH]c3c2)cc1NS(=O)(=O)CCN1CCN(C)CC1. The van der Waals surface area contributed by atoms with Crippen molar-refractivity contribution in [2.75, 3.05) is 57.4 Å². The summed E-state index contributed by atoms with van der Waals surface area (Å²) in [5, 5.41) is 10.2. The minimum atomic E-state index is -3.65. The molecule has 1 aromatic carbocycles. The van der Waals surface area contributed by atoms with Crippen LogP contribution in [-0.2, 0) is 10.0 Å². The van der Waals surface area contributed by atoms with Crippen LogP contribution in [0.2, 0.25) is 0 Å². The Morgan fingerprint density at radius 3 is 2.68 bits per heavy atom. The number of amides is 1. The van der Waals surface area contributed by atoms with Crippen molar-refractivity contribution >= 4 is 43.9 Å². The predicted molar refractivity (Wildman–Crippen MR) is 147 cm³/mol. The van der Waals surface area contributed by atoms with Crippen LogP contribution < -0.4 is 15.2 Å². The van der Waals surface area contributed by atoms with Crippen LogP contribution in [0.3, 0.4) is 0 Å². The van der Waals surface area contributed by atoms with Crippen LogP contribution >= 0.6 is 11.3 Å². The number of benzene rings is 1. The Morgan fingerprint density at radius 1 is 1.18 bits per heavy atom. The number of rotatable bonds is 9. The molecule has 1 saturated heterocycles. The minimum absolute atomic E-state index is 0.0411. The van der Waals surface area contributed by atoms with Crippen molar-refractivity contribution in [3.63, 3.8) is 0 Å². The number of hydrogen-bond acceptors (Lipinski definition) is 10. The normalized spacial score (nSPS) is 15.1. The smallest absolute Gasteiger partial charge is 0.268 e. The molecule has 0 aliphatic carbocycles. The van der Waals surface area contributed by atoms with Crippen molar-refractivity contribution in [2.24, 2.45) is 5.73 Å². The minimum Gasteiger partial charge on any atom is -0.480 e. The number of thiazole rings is 1.